The molecule has 42 heavy (non-hydrogen) atoms. The Labute approximate surface area is 254 Å². The van der Waals surface area contributed by atoms with E-state index in [2.05, 4.69) is 43.3 Å². The van der Waals surface area contributed by atoms with Gasteiger partial charge in [-0.15, -0.1) is 6.58 Å². The SMILES string of the molecule is C=CCCC(NC(=O)[C@@H]1CCCN1C(=O)[C@@H](NC(=O)OC(C)(C)C)C(C)(C)C)C(=O)C(=O)NCCCCCC.CCC. The Morgan fingerprint density at radius 2 is 1.60 bits per heavy atom. The summed E-state index contributed by atoms with van der Waals surface area (Å²) in [6.45, 7) is 21.4. The number of hydrogen-bond acceptors (Lipinski definition) is 6. The van der Waals surface area contributed by atoms with Crippen LogP contribution in [0.4, 0.5) is 4.79 Å². The molecule has 3 atom stereocenters. The third-order valence-corrected chi connectivity index (χ3v) is 6.44. The summed E-state index contributed by atoms with van der Waals surface area (Å²) in [7, 11) is 0. The molecular formula is C32H58N4O6. The Kier molecular flexibility index (Phi) is 18.0. The Hall–Kier alpha value is -2.91. The largest absolute Gasteiger partial charge is 0.444 e. The van der Waals surface area contributed by atoms with Crippen LogP contribution >= 0.6 is 0 Å². The highest BCUT2D eigenvalue weighted by atomic mass is 16.6. The molecule has 0 aromatic carbocycles. The number of carbonyl (C=O) groups excluding carboxylic acids is 5. The molecule has 0 bridgehead atoms. The number of unbranched alkanes of at least 4 members (excludes halogenated alkanes) is 3. The van der Waals surface area contributed by atoms with Crippen molar-refractivity contribution in [3.05, 3.63) is 12.7 Å². The average Bonchev–Trinajstić information content (AvgIpc) is 3.37. The fourth-order valence-electron chi connectivity index (χ4n) is 4.36. The molecule has 1 heterocycles. The number of Topliss-reactive ketones (excluding diaryl/α,β-unsaturated/α-hetero) is 1. The van der Waals surface area contributed by atoms with Crippen molar-refractivity contribution in [2.24, 2.45) is 5.41 Å². The van der Waals surface area contributed by atoms with Gasteiger partial charge in [-0.1, -0.05) is 73.3 Å². The molecule has 1 aliphatic heterocycles. The Morgan fingerprint density at radius 1 is 0.976 bits per heavy atom. The van der Waals surface area contributed by atoms with Crippen molar-refractivity contribution in [1.82, 2.24) is 20.9 Å². The highest BCUT2D eigenvalue weighted by Crippen LogP contribution is 2.26. The summed E-state index contributed by atoms with van der Waals surface area (Å²) >= 11 is 0. The van der Waals surface area contributed by atoms with Crippen LogP contribution in [-0.4, -0.2) is 71.3 Å². The third-order valence-electron chi connectivity index (χ3n) is 6.44. The molecule has 1 fully saturated rings. The fraction of sp³-hybridized carbons (Fsp3) is 0.781. The van der Waals surface area contributed by atoms with E-state index < -0.39 is 58.7 Å². The van der Waals surface area contributed by atoms with Gasteiger partial charge in [-0.3, -0.25) is 19.2 Å². The lowest BCUT2D eigenvalue weighted by molar-refractivity contribution is -0.144. The van der Waals surface area contributed by atoms with Gasteiger partial charge < -0.3 is 25.6 Å². The van der Waals surface area contributed by atoms with Crippen LogP contribution in [0, 0.1) is 5.41 Å². The monoisotopic (exact) mass is 594 g/mol. The summed E-state index contributed by atoms with van der Waals surface area (Å²) in [5.74, 6) is -2.33. The molecule has 0 aliphatic carbocycles. The van der Waals surface area contributed by atoms with Gasteiger partial charge in [0.15, 0.2) is 0 Å². The maximum Gasteiger partial charge on any atom is 0.408 e. The molecule has 0 aromatic heterocycles. The Morgan fingerprint density at radius 3 is 2.12 bits per heavy atom. The molecule has 0 spiro atoms. The predicted molar refractivity (Wildman–Crippen MR) is 167 cm³/mol. The molecule has 0 saturated carbocycles. The Bertz CT molecular complexity index is 890. The van der Waals surface area contributed by atoms with E-state index in [1.807, 2.05) is 20.8 Å². The van der Waals surface area contributed by atoms with Gasteiger partial charge in [-0.25, -0.2) is 4.79 Å². The average molecular weight is 595 g/mol. The second kappa shape index (κ2) is 19.3. The van der Waals surface area contributed by atoms with Crippen molar-refractivity contribution in [1.29, 1.82) is 0 Å². The highest BCUT2D eigenvalue weighted by Gasteiger charge is 2.43. The summed E-state index contributed by atoms with van der Waals surface area (Å²) in [6.07, 6.45) is 7.68. The molecule has 1 aliphatic rings. The fourth-order valence-corrected chi connectivity index (χ4v) is 4.36. The van der Waals surface area contributed by atoms with Gasteiger partial charge in [0.25, 0.3) is 5.91 Å². The van der Waals surface area contributed by atoms with Crippen molar-refractivity contribution in [2.75, 3.05) is 13.1 Å². The number of allylic oxidation sites excluding steroid dienone is 1. The van der Waals surface area contributed by atoms with Gasteiger partial charge in [-0.2, -0.15) is 0 Å². The second-order valence-corrected chi connectivity index (χ2v) is 13.0. The van der Waals surface area contributed by atoms with E-state index in [-0.39, 0.29) is 6.42 Å². The zero-order valence-electron chi connectivity index (χ0n) is 27.7. The molecule has 4 amide bonds. The van der Waals surface area contributed by atoms with E-state index in [1.165, 1.54) is 11.3 Å². The van der Waals surface area contributed by atoms with E-state index in [0.29, 0.717) is 32.4 Å². The number of ketones is 1. The topological polar surface area (TPSA) is 134 Å². The summed E-state index contributed by atoms with van der Waals surface area (Å²) in [5.41, 5.74) is -1.39. The van der Waals surface area contributed by atoms with Gasteiger partial charge in [0, 0.05) is 13.1 Å². The van der Waals surface area contributed by atoms with Crippen molar-refractivity contribution in [2.45, 2.75) is 144 Å². The molecular weight excluding hydrogens is 536 g/mol. The van der Waals surface area contributed by atoms with Crippen LogP contribution in [0.1, 0.15) is 120 Å². The maximum absolute atomic E-state index is 13.6. The number of ether oxygens (including phenoxy) is 1. The first kappa shape index (κ1) is 39.1. The molecule has 1 saturated heterocycles. The smallest absolute Gasteiger partial charge is 0.408 e. The molecule has 1 rings (SSSR count). The molecule has 3 N–H and O–H groups in total. The van der Waals surface area contributed by atoms with Crippen LogP contribution in [0.25, 0.3) is 0 Å². The lowest BCUT2D eigenvalue weighted by Gasteiger charge is -2.36. The summed E-state index contributed by atoms with van der Waals surface area (Å²) < 4.78 is 5.35. The van der Waals surface area contributed by atoms with Crippen LogP contribution in [0.5, 0.6) is 0 Å². The number of nitrogens with zero attached hydrogens (tertiary/aromatic N) is 1. The summed E-state index contributed by atoms with van der Waals surface area (Å²) in [4.78, 5) is 66.3. The van der Waals surface area contributed by atoms with Gasteiger partial charge in [-0.05, 0) is 58.3 Å². The maximum atomic E-state index is 13.6. The minimum atomic E-state index is -1.03. The van der Waals surface area contributed by atoms with Crippen LogP contribution in [0.2, 0.25) is 0 Å². The zero-order valence-corrected chi connectivity index (χ0v) is 27.7. The molecule has 0 aromatic rings. The number of hydrogen-bond donors (Lipinski definition) is 3. The normalized spacial score (nSPS) is 16.3. The number of nitrogens with one attached hydrogen (secondary N) is 3. The molecule has 10 nitrogen and oxygen atoms in total. The standard InChI is InChI=1S/C29H50N4O6.C3H8/c1-9-11-13-14-18-30-25(36)22(34)20(16-12-10-2)31-24(35)21-17-15-19-33(21)26(37)23(28(3,4)5)32-27(38)39-29(6,7)8;1-3-2/h10,20-21,23H,2,9,11-19H2,1,3-8H3,(H,30,36)(H,31,35)(H,32,38);3H2,1-2H3/t20?,21-,23+;/m0./s1. The number of alkyl carbamates (subject to hydrolysis) is 1. The predicted octanol–water partition coefficient (Wildman–Crippen LogP) is 5.05. The van der Waals surface area contributed by atoms with Gasteiger partial charge in [0.1, 0.15) is 17.7 Å². The highest BCUT2D eigenvalue weighted by molar-refractivity contribution is 6.38. The second-order valence-electron chi connectivity index (χ2n) is 13.0. The Balaban J connectivity index is 0.00000535. The van der Waals surface area contributed by atoms with E-state index in [1.54, 1.807) is 26.8 Å². The van der Waals surface area contributed by atoms with Crippen LogP contribution in [-0.2, 0) is 23.9 Å². The molecule has 242 valence electrons. The number of amides is 4. The van der Waals surface area contributed by atoms with E-state index in [9.17, 15) is 24.0 Å². The van der Waals surface area contributed by atoms with E-state index in [0.717, 1.165) is 25.7 Å². The van der Waals surface area contributed by atoms with Gasteiger partial charge >= 0.3 is 6.09 Å². The van der Waals surface area contributed by atoms with Gasteiger partial charge in [0.2, 0.25) is 17.6 Å². The first-order valence-electron chi connectivity index (χ1n) is 15.6. The first-order valence-corrected chi connectivity index (χ1v) is 15.6. The zero-order chi connectivity index (χ0) is 32.5. The molecule has 1 unspecified atom stereocenters. The minimum Gasteiger partial charge on any atom is -0.444 e. The van der Waals surface area contributed by atoms with E-state index in [4.69, 9.17) is 4.74 Å². The number of carbonyl (C=O) groups is 5. The lowest BCUT2D eigenvalue weighted by atomic mass is 9.85. The van der Waals surface area contributed by atoms with Crippen molar-refractivity contribution in [3.8, 4) is 0 Å². The summed E-state index contributed by atoms with van der Waals surface area (Å²) in [5, 5.41) is 8.05. The van der Waals surface area contributed by atoms with Crippen LogP contribution < -0.4 is 16.0 Å². The quantitative estimate of drug-likeness (QED) is 0.146. The first-order chi connectivity index (χ1) is 19.5. The minimum absolute atomic E-state index is 0.225. The molecule has 10 heteroatoms. The van der Waals surface area contributed by atoms with Crippen molar-refractivity contribution < 1.29 is 28.7 Å². The van der Waals surface area contributed by atoms with Gasteiger partial charge in [0.05, 0.1) is 6.04 Å². The van der Waals surface area contributed by atoms with E-state index >= 15 is 0 Å². The number of likely N-dealkylation sites (tertiary alicyclic amines) is 1. The summed E-state index contributed by atoms with van der Waals surface area (Å²) in [6, 6.07) is -2.78. The van der Waals surface area contributed by atoms with Crippen LogP contribution in [0.3, 0.4) is 0 Å². The number of rotatable bonds is 14. The van der Waals surface area contributed by atoms with Crippen molar-refractivity contribution >= 4 is 29.6 Å². The third kappa shape index (κ3) is 14.8. The molecule has 0 radical (unpaired) electrons. The lowest BCUT2D eigenvalue weighted by Crippen LogP contribution is -2.59. The van der Waals surface area contributed by atoms with Crippen molar-refractivity contribution in [3.63, 3.8) is 0 Å². The van der Waals surface area contributed by atoms with Crippen LogP contribution in [0.15, 0.2) is 12.7 Å².